The zero-order valence-corrected chi connectivity index (χ0v) is 15.7. The van der Waals surface area contributed by atoms with Crippen molar-refractivity contribution in [2.45, 2.75) is 19.3 Å². The molecule has 0 aliphatic carbocycles. The summed E-state index contributed by atoms with van der Waals surface area (Å²) in [7, 11) is 1.68. The summed E-state index contributed by atoms with van der Waals surface area (Å²) in [4.78, 5) is 6.57. The number of aliphatic imine (C=N–C) groups is 1. The van der Waals surface area contributed by atoms with Crippen LogP contribution in [0.3, 0.4) is 0 Å². The topological polar surface area (TPSA) is 60.1 Å². The molecule has 1 fully saturated rings. The predicted molar refractivity (Wildman–Crippen MR) is 100 cm³/mol. The monoisotopic (exact) mass is 419 g/mol. The van der Waals surface area contributed by atoms with Gasteiger partial charge in [0.05, 0.1) is 20.3 Å². The highest BCUT2D eigenvalue weighted by atomic mass is 127. The second kappa shape index (κ2) is 9.89. The van der Waals surface area contributed by atoms with Gasteiger partial charge in [-0.2, -0.15) is 0 Å². The summed E-state index contributed by atoms with van der Waals surface area (Å²) in [5.74, 6) is 1.98. The van der Waals surface area contributed by atoms with Crippen molar-refractivity contribution >= 4 is 29.9 Å². The van der Waals surface area contributed by atoms with Gasteiger partial charge < -0.3 is 20.1 Å². The van der Waals surface area contributed by atoms with Crippen LogP contribution >= 0.6 is 24.0 Å². The molecule has 5 nitrogen and oxygen atoms in total. The number of guanidine groups is 1. The van der Waals surface area contributed by atoms with Crippen molar-refractivity contribution < 1.29 is 9.47 Å². The zero-order valence-electron chi connectivity index (χ0n) is 13.3. The third-order valence-corrected chi connectivity index (χ3v) is 3.86. The van der Waals surface area contributed by atoms with Crippen molar-refractivity contribution in [1.82, 2.24) is 4.90 Å². The van der Waals surface area contributed by atoms with E-state index in [-0.39, 0.29) is 24.0 Å². The molecule has 1 unspecified atom stereocenters. The van der Waals surface area contributed by atoms with Gasteiger partial charge in [0.15, 0.2) is 5.96 Å². The largest absolute Gasteiger partial charge is 0.497 e. The standard InChI is InChI=1S/C16H25N3O2.HI/c1-13(14-3-5-15(20-2)6-4-14)7-8-18-16(17)19-9-11-21-12-10-19;/h3-6,13H,7-12H2,1-2H3,(H2,17,18);1H. The number of halogens is 1. The number of morpholine rings is 1. The fourth-order valence-electron chi connectivity index (χ4n) is 2.36. The summed E-state index contributed by atoms with van der Waals surface area (Å²) >= 11 is 0. The molecular formula is C16H26IN3O2. The van der Waals surface area contributed by atoms with Crippen molar-refractivity contribution in [3.63, 3.8) is 0 Å². The Labute approximate surface area is 149 Å². The van der Waals surface area contributed by atoms with Gasteiger partial charge in [0.2, 0.25) is 0 Å². The first-order valence-electron chi connectivity index (χ1n) is 7.47. The van der Waals surface area contributed by atoms with E-state index in [9.17, 15) is 0 Å². The van der Waals surface area contributed by atoms with Gasteiger partial charge in [-0.15, -0.1) is 24.0 Å². The van der Waals surface area contributed by atoms with Crippen LogP contribution < -0.4 is 10.5 Å². The zero-order chi connectivity index (χ0) is 15.1. The average Bonchev–Trinajstić information content (AvgIpc) is 2.55. The summed E-state index contributed by atoms with van der Waals surface area (Å²) in [5, 5.41) is 0. The summed E-state index contributed by atoms with van der Waals surface area (Å²) < 4.78 is 10.5. The van der Waals surface area contributed by atoms with Crippen molar-refractivity contribution in [2.75, 3.05) is 40.0 Å². The molecule has 1 aromatic rings. The first-order valence-corrected chi connectivity index (χ1v) is 7.47. The van der Waals surface area contributed by atoms with Gasteiger partial charge in [-0.3, -0.25) is 4.99 Å². The maximum atomic E-state index is 6.02. The van der Waals surface area contributed by atoms with Crippen LogP contribution in [0.5, 0.6) is 5.75 Å². The Kier molecular flexibility index (Phi) is 8.55. The van der Waals surface area contributed by atoms with Gasteiger partial charge in [0.1, 0.15) is 5.75 Å². The first kappa shape index (κ1) is 19.0. The number of nitrogens with two attached hydrogens (primary N) is 1. The van der Waals surface area contributed by atoms with Crippen molar-refractivity contribution in [3.05, 3.63) is 29.8 Å². The molecule has 0 aromatic heterocycles. The highest BCUT2D eigenvalue weighted by Crippen LogP contribution is 2.21. The maximum Gasteiger partial charge on any atom is 0.191 e. The van der Waals surface area contributed by atoms with Gasteiger partial charge in [-0.05, 0) is 30.0 Å². The second-order valence-electron chi connectivity index (χ2n) is 5.30. The third kappa shape index (κ3) is 5.64. The van der Waals surface area contributed by atoms with Gasteiger partial charge in [-0.1, -0.05) is 19.1 Å². The summed E-state index contributed by atoms with van der Waals surface area (Å²) in [6.45, 7) is 6.10. The first-order chi connectivity index (χ1) is 10.2. The van der Waals surface area contributed by atoms with Crippen LogP contribution in [0.25, 0.3) is 0 Å². The van der Waals surface area contributed by atoms with Gasteiger partial charge >= 0.3 is 0 Å². The maximum absolute atomic E-state index is 6.02. The minimum Gasteiger partial charge on any atom is -0.497 e. The van der Waals surface area contributed by atoms with Crippen LogP contribution in [-0.2, 0) is 4.74 Å². The molecule has 1 heterocycles. The molecule has 22 heavy (non-hydrogen) atoms. The molecule has 1 aromatic carbocycles. The SMILES string of the molecule is COc1ccc(C(C)CCN=C(N)N2CCOCC2)cc1.I. The quantitative estimate of drug-likeness (QED) is 0.453. The number of ether oxygens (including phenoxy) is 2. The van der Waals surface area contributed by atoms with Crippen LogP contribution in [0.15, 0.2) is 29.3 Å². The molecule has 0 amide bonds. The van der Waals surface area contributed by atoms with E-state index in [2.05, 4.69) is 28.9 Å². The van der Waals surface area contributed by atoms with Crippen LogP contribution in [0.2, 0.25) is 0 Å². The van der Waals surface area contributed by atoms with E-state index in [1.165, 1.54) is 5.56 Å². The normalized spacial score (nSPS) is 16.8. The molecule has 1 aliphatic heterocycles. The Hall–Kier alpha value is -1.02. The molecule has 6 heteroatoms. The molecular weight excluding hydrogens is 393 g/mol. The highest BCUT2D eigenvalue weighted by molar-refractivity contribution is 14.0. The Bertz CT molecular complexity index is 459. The fraction of sp³-hybridized carbons (Fsp3) is 0.562. The number of methoxy groups -OCH3 is 1. The van der Waals surface area contributed by atoms with E-state index in [4.69, 9.17) is 15.2 Å². The lowest BCUT2D eigenvalue weighted by Gasteiger charge is -2.27. The minimum absolute atomic E-state index is 0. The van der Waals surface area contributed by atoms with Gasteiger partial charge in [0.25, 0.3) is 0 Å². The van der Waals surface area contributed by atoms with E-state index in [1.807, 2.05) is 12.1 Å². The third-order valence-electron chi connectivity index (χ3n) is 3.86. The lowest BCUT2D eigenvalue weighted by molar-refractivity contribution is 0.0674. The molecule has 124 valence electrons. The van der Waals surface area contributed by atoms with E-state index >= 15 is 0 Å². The number of hydrogen-bond acceptors (Lipinski definition) is 3. The Balaban J connectivity index is 0.00000242. The number of benzene rings is 1. The van der Waals surface area contributed by atoms with Crippen molar-refractivity contribution in [3.8, 4) is 5.75 Å². The van der Waals surface area contributed by atoms with Crippen LogP contribution in [0.4, 0.5) is 0 Å². The molecule has 1 atom stereocenters. The molecule has 1 saturated heterocycles. The fourth-order valence-corrected chi connectivity index (χ4v) is 2.36. The average molecular weight is 419 g/mol. The number of rotatable bonds is 5. The summed E-state index contributed by atoms with van der Waals surface area (Å²) in [5.41, 5.74) is 7.32. The number of nitrogens with zero attached hydrogens (tertiary/aromatic N) is 2. The lowest BCUT2D eigenvalue weighted by Crippen LogP contribution is -2.44. The minimum atomic E-state index is 0. The van der Waals surface area contributed by atoms with E-state index in [0.29, 0.717) is 11.9 Å². The Morgan fingerprint density at radius 2 is 1.95 bits per heavy atom. The van der Waals surface area contributed by atoms with Gasteiger partial charge in [-0.25, -0.2) is 0 Å². The molecule has 1 aliphatic rings. The molecule has 2 rings (SSSR count). The van der Waals surface area contributed by atoms with Gasteiger partial charge in [0, 0.05) is 19.6 Å². The molecule has 0 spiro atoms. The van der Waals surface area contributed by atoms with Crippen LogP contribution in [0, 0.1) is 0 Å². The smallest absolute Gasteiger partial charge is 0.191 e. The van der Waals surface area contributed by atoms with Crippen molar-refractivity contribution in [1.29, 1.82) is 0 Å². The molecule has 0 bridgehead atoms. The second-order valence-corrected chi connectivity index (χ2v) is 5.30. The Morgan fingerprint density at radius 3 is 2.55 bits per heavy atom. The summed E-state index contributed by atoms with van der Waals surface area (Å²) in [6, 6.07) is 8.21. The molecule has 0 radical (unpaired) electrons. The van der Waals surface area contributed by atoms with E-state index in [0.717, 1.165) is 45.0 Å². The predicted octanol–water partition coefficient (Wildman–Crippen LogP) is 2.45. The van der Waals surface area contributed by atoms with E-state index in [1.54, 1.807) is 7.11 Å². The van der Waals surface area contributed by atoms with E-state index < -0.39 is 0 Å². The molecule has 2 N–H and O–H groups in total. The molecule has 0 saturated carbocycles. The number of hydrogen-bond donors (Lipinski definition) is 1. The lowest BCUT2D eigenvalue weighted by atomic mass is 9.98. The van der Waals surface area contributed by atoms with Crippen LogP contribution in [-0.4, -0.2) is 50.8 Å². The van der Waals surface area contributed by atoms with Crippen LogP contribution in [0.1, 0.15) is 24.8 Å². The van der Waals surface area contributed by atoms with Crippen molar-refractivity contribution in [2.24, 2.45) is 10.7 Å². The summed E-state index contributed by atoms with van der Waals surface area (Å²) in [6.07, 6.45) is 0.984. The highest BCUT2D eigenvalue weighted by Gasteiger charge is 2.12. The Morgan fingerprint density at radius 1 is 1.32 bits per heavy atom.